The van der Waals surface area contributed by atoms with Crippen molar-refractivity contribution in [2.24, 2.45) is 0 Å². The van der Waals surface area contributed by atoms with Crippen LogP contribution in [0.3, 0.4) is 0 Å². The topological polar surface area (TPSA) is 105 Å². The monoisotopic (exact) mass is 582 g/mol. The first kappa shape index (κ1) is 23.3. The van der Waals surface area contributed by atoms with Gasteiger partial charge in [-0.3, -0.25) is 4.79 Å². The Morgan fingerprint density at radius 3 is 2.17 bits per heavy atom. The molecule has 0 unspecified atom stereocenters. The van der Waals surface area contributed by atoms with Crippen molar-refractivity contribution in [1.29, 1.82) is 0 Å². The van der Waals surface area contributed by atoms with Crippen molar-refractivity contribution in [3.63, 3.8) is 0 Å². The summed E-state index contributed by atoms with van der Waals surface area (Å²) in [5.74, 6) is -1.52. The van der Waals surface area contributed by atoms with Gasteiger partial charge in [0.25, 0.3) is 0 Å². The number of benzene rings is 3. The van der Waals surface area contributed by atoms with Crippen LogP contribution in [0, 0.1) is 3.57 Å². The van der Waals surface area contributed by atoms with Gasteiger partial charge in [0.05, 0.1) is 5.56 Å². The molecule has 2 amide bonds. The summed E-state index contributed by atoms with van der Waals surface area (Å²) in [6.45, 7) is 0.163. The number of ether oxygens (including phenoxy) is 1. The van der Waals surface area contributed by atoms with Gasteiger partial charge in [-0.05, 0) is 82.3 Å². The van der Waals surface area contributed by atoms with Crippen molar-refractivity contribution in [2.45, 2.75) is 30.7 Å². The summed E-state index contributed by atoms with van der Waals surface area (Å²) in [6, 6.07) is 20.8. The number of halogens is 1. The van der Waals surface area contributed by atoms with Crippen LogP contribution in [0.2, 0.25) is 0 Å². The number of fused-ring (bicyclic) bond motifs is 3. The van der Waals surface area contributed by atoms with Gasteiger partial charge >= 0.3 is 12.1 Å². The number of hydrogen-bond acceptors (Lipinski definition) is 4. The molecule has 0 bridgehead atoms. The lowest BCUT2D eigenvalue weighted by Crippen LogP contribution is -2.61. The second-order valence-electron chi connectivity index (χ2n) is 8.87. The molecule has 3 N–H and O–H groups in total. The van der Waals surface area contributed by atoms with E-state index < -0.39 is 17.6 Å². The van der Waals surface area contributed by atoms with Crippen LogP contribution in [0.5, 0.6) is 0 Å². The van der Waals surface area contributed by atoms with E-state index in [1.165, 1.54) is 12.1 Å². The highest BCUT2D eigenvalue weighted by Gasteiger charge is 2.46. The second kappa shape index (κ2) is 9.33. The molecule has 2 aliphatic carbocycles. The summed E-state index contributed by atoms with van der Waals surface area (Å²) in [6.07, 6.45) is 1.12. The van der Waals surface area contributed by atoms with Crippen LogP contribution in [0.15, 0.2) is 66.7 Å². The van der Waals surface area contributed by atoms with Gasteiger partial charge in [0.2, 0.25) is 5.91 Å². The van der Waals surface area contributed by atoms with Crippen molar-refractivity contribution >= 4 is 46.2 Å². The number of carbonyl (C=O) groups excluding carboxylic acids is 2. The van der Waals surface area contributed by atoms with Gasteiger partial charge in [0.15, 0.2) is 0 Å². The Bertz CT molecular complexity index is 1290. The molecule has 35 heavy (non-hydrogen) atoms. The van der Waals surface area contributed by atoms with E-state index in [-0.39, 0.29) is 24.0 Å². The molecule has 0 aliphatic heterocycles. The van der Waals surface area contributed by atoms with E-state index in [0.717, 1.165) is 28.7 Å². The molecule has 1 saturated carbocycles. The third-order valence-electron chi connectivity index (χ3n) is 6.73. The lowest BCUT2D eigenvalue weighted by Gasteiger charge is -2.40. The number of hydrogen-bond donors (Lipinski definition) is 3. The van der Waals surface area contributed by atoms with Crippen molar-refractivity contribution < 1.29 is 24.2 Å². The minimum absolute atomic E-state index is 0.0693. The molecule has 2 aliphatic rings. The third-order valence-corrected chi connectivity index (χ3v) is 7.35. The second-order valence-corrected chi connectivity index (χ2v) is 10.1. The van der Waals surface area contributed by atoms with Gasteiger partial charge in [0.1, 0.15) is 12.1 Å². The third kappa shape index (κ3) is 4.50. The Balaban J connectivity index is 1.27. The molecular weight excluding hydrogens is 559 g/mol. The molecule has 0 aromatic heterocycles. The summed E-state index contributed by atoms with van der Waals surface area (Å²) < 4.78 is 6.32. The first-order chi connectivity index (χ1) is 16.9. The highest BCUT2D eigenvalue weighted by Crippen LogP contribution is 2.44. The Hall–Kier alpha value is -3.40. The highest BCUT2D eigenvalue weighted by molar-refractivity contribution is 14.1. The molecule has 1 fully saturated rings. The fourth-order valence-corrected chi connectivity index (χ4v) is 5.48. The summed E-state index contributed by atoms with van der Waals surface area (Å²) in [5, 5.41) is 14.8. The fourth-order valence-electron chi connectivity index (χ4n) is 4.81. The summed E-state index contributed by atoms with van der Waals surface area (Å²) >= 11 is 2.00. The number of anilines is 1. The smallest absolute Gasteiger partial charge is 0.408 e. The number of carbonyl (C=O) groups is 3. The summed E-state index contributed by atoms with van der Waals surface area (Å²) in [7, 11) is 0. The maximum atomic E-state index is 13.1. The normalized spacial score (nSPS) is 15.3. The zero-order valence-corrected chi connectivity index (χ0v) is 20.9. The molecule has 3 aromatic carbocycles. The maximum absolute atomic E-state index is 13.1. The predicted octanol–water partition coefficient (Wildman–Crippen LogP) is 5.39. The molecular formula is C27H23IN2O5. The average molecular weight is 582 g/mol. The first-order valence-corrected chi connectivity index (χ1v) is 12.4. The van der Waals surface area contributed by atoms with Crippen LogP contribution in [0.1, 0.15) is 46.7 Å². The number of nitrogens with one attached hydrogen (secondary N) is 2. The van der Waals surface area contributed by atoms with Gasteiger partial charge in [-0.2, -0.15) is 0 Å². The first-order valence-electron chi connectivity index (χ1n) is 11.3. The van der Waals surface area contributed by atoms with E-state index >= 15 is 0 Å². The van der Waals surface area contributed by atoms with E-state index in [1.807, 2.05) is 46.9 Å². The van der Waals surface area contributed by atoms with Gasteiger partial charge in [-0.15, -0.1) is 0 Å². The Morgan fingerprint density at radius 2 is 1.60 bits per heavy atom. The van der Waals surface area contributed by atoms with E-state index in [1.54, 1.807) is 6.07 Å². The molecule has 0 saturated heterocycles. The van der Waals surface area contributed by atoms with Crippen LogP contribution in [-0.4, -0.2) is 35.2 Å². The van der Waals surface area contributed by atoms with Crippen LogP contribution < -0.4 is 10.6 Å². The number of alkyl carbamates (subject to hydrolysis) is 1. The van der Waals surface area contributed by atoms with Crippen LogP contribution in [0.25, 0.3) is 11.1 Å². The largest absolute Gasteiger partial charge is 0.478 e. The number of aromatic carboxylic acids is 1. The molecule has 0 atom stereocenters. The SMILES string of the molecule is O=C(NC1(C(=O)Nc2cc(I)cc(C(=O)O)c2)CCC1)OCC1c2ccccc2-c2ccccc21. The van der Waals surface area contributed by atoms with E-state index in [2.05, 4.69) is 34.9 Å². The molecule has 8 heteroatoms. The van der Waals surface area contributed by atoms with E-state index in [9.17, 15) is 19.5 Å². The minimum atomic E-state index is -1.08. The zero-order chi connectivity index (χ0) is 24.6. The number of carboxylic acid groups (broad SMARTS) is 1. The standard InChI is InChI=1S/C27H23IN2O5/c28-17-12-16(24(31)32)13-18(14-17)29-25(33)27(10-5-11-27)30-26(34)35-15-23-21-8-3-1-6-19(21)20-7-2-4-9-22(20)23/h1-4,6-9,12-14,23H,5,10-11,15H2,(H,29,33)(H,30,34)(H,31,32). The van der Waals surface area contributed by atoms with Crippen molar-refractivity contribution in [3.8, 4) is 11.1 Å². The van der Waals surface area contributed by atoms with Crippen molar-refractivity contribution in [1.82, 2.24) is 5.32 Å². The molecule has 5 rings (SSSR count). The van der Waals surface area contributed by atoms with Gasteiger partial charge in [-0.25, -0.2) is 9.59 Å². The van der Waals surface area contributed by atoms with Crippen LogP contribution >= 0.6 is 22.6 Å². The Labute approximate surface area is 216 Å². The lowest BCUT2D eigenvalue weighted by molar-refractivity contribution is -0.125. The van der Waals surface area contributed by atoms with Gasteiger partial charge in [0, 0.05) is 15.2 Å². The van der Waals surface area contributed by atoms with Gasteiger partial charge in [-0.1, -0.05) is 48.5 Å². The van der Waals surface area contributed by atoms with Crippen LogP contribution in [-0.2, 0) is 9.53 Å². The van der Waals surface area contributed by atoms with Crippen LogP contribution in [0.4, 0.5) is 10.5 Å². The summed E-state index contributed by atoms with van der Waals surface area (Å²) in [5.41, 5.74) is 3.90. The van der Waals surface area contributed by atoms with E-state index in [4.69, 9.17) is 4.74 Å². The highest BCUT2D eigenvalue weighted by atomic mass is 127. The molecule has 7 nitrogen and oxygen atoms in total. The lowest BCUT2D eigenvalue weighted by atomic mass is 9.76. The number of amides is 2. The van der Waals surface area contributed by atoms with Gasteiger partial charge < -0.3 is 20.5 Å². The Morgan fingerprint density at radius 1 is 0.971 bits per heavy atom. The maximum Gasteiger partial charge on any atom is 0.408 e. The quantitative estimate of drug-likeness (QED) is 0.339. The average Bonchev–Trinajstić information content (AvgIpc) is 3.13. The molecule has 0 heterocycles. The molecule has 0 spiro atoms. The zero-order valence-electron chi connectivity index (χ0n) is 18.7. The van der Waals surface area contributed by atoms with Crippen molar-refractivity contribution in [3.05, 3.63) is 87.0 Å². The molecule has 3 aromatic rings. The molecule has 0 radical (unpaired) electrons. The minimum Gasteiger partial charge on any atom is -0.478 e. The Kier molecular flexibility index (Phi) is 6.22. The van der Waals surface area contributed by atoms with E-state index in [0.29, 0.717) is 22.1 Å². The predicted molar refractivity (Wildman–Crippen MR) is 140 cm³/mol. The van der Waals surface area contributed by atoms with Crippen molar-refractivity contribution in [2.75, 3.05) is 11.9 Å². The molecule has 178 valence electrons. The number of rotatable bonds is 6. The fraction of sp³-hybridized carbons (Fsp3) is 0.222. The number of carboxylic acids is 1. The summed E-state index contributed by atoms with van der Waals surface area (Å²) in [4.78, 5) is 37.2.